The van der Waals surface area contributed by atoms with Gasteiger partial charge in [0.1, 0.15) is 0 Å². The van der Waals surface area contributed by atoms with Crippen LogP contribution in [-0.2, 0) is 10.0 Å². The summed E-state index contributed by atoms with van der Waals surface area (Å²) in [5.74, 6) is 0.00992. The molecule has 2 rings (SSSR count). The minimum absolute atomic E-state index is 0.213. The van der Waals surface area contributed by atoms with Gasteiger partial charge in [0.15, 0.2) is 0 Å². The van der Waals surface area contributed by atoms with Crippen molar-refractivity contribution in [1.29, 1.82) is 0 Å². The van der Waals surface area contributed by atoms with Crippen LogP contribution < -0.4 is 10.0 Å². The number of rotatable bonds is 6. The van der Waals surface area contributed by atoms with E-state index in [-0.39, 0.29) is 16.5 Å². The minimum atomic E-state index is -3.78. The first-order valence-corrected chi connectivity index (χ1v) is 9.66. The second-order valence-corrected chi connectivity index (χ2v) is 8.17. The van der Waals surface area contributed by atoms with Gasteiger partial charge in [-0.1, -0.05) is 38.1 Å². The van der Waals surface area contributed by atoms with Crippen molar-refractivity contribution in [2.24, 2.45) is 5.92 Å². The molecule has 0 unspecified atom stereocenters. The maximum Gasteiger partial charge on any atom is 0.262 e. The molecule has 2 N–H and O–H groups in total. The first-order chi connectivity index (χ1) is 11.7. The number of benzene rings is 2. The third-order valence-corrected chi connectivity index (χ3v) is 5.23. The molecule has 5 nitrogen and oxygen atoms in total. The summed E-state index contributed by atoms with van der Waals surface area (Å²) in [6, 6.07) is 11.9. The highest BCUT2D eigenvalue weighted by Crippen LogP contribution is 2.23. The maximum absolute atomic E-state index is 12.8. The van der Waals surface area contributed by atoms with Gasteiger partial charge in [-0.2, -0.15) is 0 Å². The van der Waals surface area contributed by atoms with Gasteiger partial charge in [0.25, 0.3) is 15.9 Å². The normalized spacial score (nSPS) is 11.4. The van der Waals surface area contributed by atoms with Crippen molar-refractivity contribution in [2.75, 3.05) is 11.3 Å². The highest BCUT2D eigenvalue weighted by atomic mass is 32.2. The lowest BCUT2D eigenvalue weighted by atomic mass is 10.1. The van der Waals surface area contributed by atoms with E-state index in [9.17, 15) is 13.2 Å². The molecule has 0 heterocycles. The molecule has 0 spiro atoms. The molecule has 2 aromatic carbocycles. The molecule has 2 aromatic rings. The van der Waals surface area contributed by atoms with Gasteiger partial charge in [-0.3, -0.25) is 9.52 Å². The van der Waals surface area contributed by atoms with Crippen molar-refractivity contribution >= 4 is 21.6 Å². The summed E-state index contributed by atoms with van der Waals surface area (Å²) in [7, 11) is -3.78. The Hall–Kier alpha value is -2.34. The Labute approximate surface area is 149 Å². The van der Waals surface area contributed by atoms with E-state index in [1.807, 2.05) is 26.8 Å². The van der Waals surface area contributed by atoms with E-state index in [2.05, 4.69) is 10.0 Å². The zero-order valence-corrected chi connectivity index (χ0v) is 15.8. The molecule has 25 heavy (non-hydrogen) atoms. The van der Waals surface area contributed by atoms with Crippen LogP contribution in [0, 0.1) is 19.8 Å². The summed E-state index contributed by atoms with van der Waals surface area (Å²) in [5, 5.41) is 2.81. The van der Waals surface area contributed by atoms with Crippen LogP contribution in [0.3, 0.4) is 0 Å². The van der Waals surface area contributed by atoms with Crippen molar-refractivity contribution in [1.82, 2.24) is 5.32 Å². The van der Waals surface area contributed by atoms with E-state index in [0.29, 0.717) is 23.6 Å². The molecule has 0 radical (unpaired) electrons. The van der Waals surface area contributed by atoms with Crippen molar-refractivity contribution in [3.63, 3.8) is 0 Å². The van der Waals surface area contributed by atoms with Gasteiger partial charge in [0, 0.05) is 6.54 Å². The highest BCUT2D eigenvalue weighted by molar-refractivity contribution is 7.92. The molecule has 0 aromatic heterocycles. The first-order valence-electron chi connectivity index (χ1n) is 8.18. The number of carbonyl (C=O) groups is 1. The van der Waals surface area contributed by atoms with Gasteiger partial charge in [-0.15, -0.1) is 0 Å². The average molecular weight is 360 g/mol. The largest absolute Gasteiger partial charge is 0.352 e. The number of aryl methyl sites for hydroxylation is 2. The Bertz CT molecular complexity index is 874. The van der Waals surface area contributed by atoms with Crippen molar-refractivity contribution in [3.8, 4) is 0 Å². The lowest BCUT2D eigenvalue weighted by Crippen LogP contribution is -2.28. The van der Waals surface area contributed by atoms with Crippen LogP contribution in [-0.4, -0.2) is 20.9 Å². The third-order valence-electron chi connectivity index (χ3n) is 3.72. The van der Waals surface area contributed by atoms with Gasteiger partial charge in [0.2, 0.25) is 0 Å². The number of para-hydroxylation sites is 1. The Kier molecular flexibility index (Phi) is 5.85. The van der Waals surface area contributed by atoms with Gasteiger partial charge in [-0.05, 0) is 49.1 Å². The van der Waals surface area contributed by atoms with Crippen LogP contribution in [0.15, 0.2) is 47.4 Å². The van der Waals surface area contributed by atoms with Gasteiger partial charge >= 0.3 is 0 Å². The first kappa shape index (κ1) is 19.0. The smallest absolute Gasteiger partial charge is 0.262 e. The average Bonchev–Trinajstić information content (AvgIpc) is 2.55. The standard InChI is InChI=1S/C19H24N2O3S/c1-13(2)12-20-19(22)16-7-5-6-8-17(16)21-25(23,24)18-11-14(3)9-10-15(18)4/h5-11,13,21H,12H2,1-4H3,(H,20,22). The van der Waals surface area contributed by atoms with E-state index in [4.69, 9.17) is 0 Å². The zero-order valence-electron chi connectivity index (χ0n) is 15.0. The van der Waals surface area contributed by atoms with Crippen molar-refractivity contribution < 1.29 is 13.2 Å². The predicted octanol–water partition coefficient (Wildman–Crippen LogP) is 3.49. The number of amides is 1. The molecule has 6 heteroatoms. The van der Waals surface area contributed by atoms with E-state index >= 15 is 0 Å². The molecule has 0 bridgehead atoms. The maximum atomic E-state index is 12.8. The minimum Gasteiger partial charge on any atom is -0.352 e. The van der Waals surface area contributed by atoms with E-state index < -0.39 is 10.0 Å². The molecule has 0 aliphatic rings. The summed E-state index contributed by atoms with van der Waals surface area (Å²) in [5.41, 5.74) is 2.08. The fourth-order valence-electron chi connectivity index (χ4n) is 2.36. The summed E-state index contributed by atoms with van der Waals surface area (Å²) >= 11 is 0. The number of nitrogens with one attached hydrogen (secondary N) is 2. The lowest BCUT2D eigenvalue weighted by Gasteiger charge is -2.15. The molecular formula is C19H24N2O3S. The number of sulfonamides is 1. The van der Waals surface area contributed by atoms with Crippen LogP contribution in [0.5, 0.6) is 0 Å². The van der Waals surface area contributed by atoms with E-state index in [1.54, 1.807) is 43.3 Å². The number of carbonyl (C=O) groups excluding carboxylic acids is 1. The molecule has 0 aliphatic carbocycles. The highest BCUT2D eigenvalue weighted by Gasteiger charge is 2.20. The Morgan fingerprint density at radius 1 is 1.08 bits per heavy atom. The molecule has 0 saturated carbocycles. The second kappa shape index (κ2) is 7.70. The Morgan fingerprint density at radius 3 is 2.44 bits per heavy atom. The molecule has 0 aliphatic heterocycles. The van der Waals surface area contributed by atoms with Crippen LogP contribution in [0.1, 0.15) is 35.3 Å². The van der Waals surface area contributed by atoms with Crippen LogP contribution >= 0.6 is 0 Å². The van der Waals surface area contributed by atoms with Crippen molar-refractivity contribution in [3.05, 3.63) is 59.2 Å². The monoisotopic (exact) mass is 360 g/mol. The Morgan fingerprint density at radius 2 is 1.76 bits per heavy atom. The molecule has 134 valence electrons. The fourth-order valence-corrected chi connectivity index (χ4v) is 3.77. The van der Waals surface area contributed by atoms with Crippen molar-refractivity contribution in [2.45, 2.75) is 32.6 Å². The third kappa shape index (κ3) is 4.82. The molecule has 0 fully saturated rings. The number of anilines is 1. The summed E-state index contributed by atoms with van der Waals surface area (Å²) in [4.78, 5) is 12.6. The molecule has 0 saturated heterocycles. The number of hydrogen-bond acceptors (Lipinski definition) is 3. The van der Waals surface area contributed by atoms with E-state index in [1.165, 1.54) is 0 Å². The van der Waals surface area contributed by atoms with Crippen LogP contribution in [0.2, 0.25) is 0 Å². The fraction of sp³-hybridized carbons (Fsp3) is 0.316. The van der Waals surface area contributed by atoms with Gasteiger partial charge < -0.3 is 5.32 Å². The van der Waals surface area contributed by atoms with Gasteiger partial charge in [0.05, 0.1) is 16.1 Å². The van der Waals surface area contributed by atoms with Gasteiger partial charge in [-0.25, -0.2) is 8.42 Å². The molecule has 0 atom stereocenters. The number of hydrogen-bond donors (Lipinski definition) is 2. The second-order valence-electron chi connectivity index (χ2n) is 6.52. The molecular weight excluding hydrogens is 336 g/mol. The topological polar surface area (TPSA) is 75.3 Å². The SMILES string of the molecule is Cc1ccc(C)c(S(=O)(=O)Nc2ccccc2C(=O)NCC(C)C)c1. The van der Waals surface area contributed by atoms with Crippen LogP contribution in [0.4, 0.5) is 5.69 Å². The molecule has 1 amide bonds. The summed E-state index contributed by atoms with van der Waals surface area (Å²) < 4.78 is 28.1. The summed E-state index contributed by atoms with van der Waals surface area (Å²) in [6.45, 7) is 8.10. The zero-order chi connectivity index (χ0) is 18.6. The Balaban J connectivity index is 2.34. The lowest BCUT2D eigenvalue weighted by molar-refractivity contribution is 0.0950. The predicted molar refractivity (Wildman–Crippen MR) is 100 cm³/mol. The quantitative estimate of drug-likeness (QED) is 0.828. The van der Waals surface area contributed by atoms with E-state index in [0.717, 1.165) is 5.56 Å². The summed E-state index contributed by atoms with van der Waals surface area (Å²) in [6.07, 6.45) is 0. The van der Waals surface area contributed by atoms with Crippen LogP contribution in [0.25, 0.3) is 0 Å².